The van der Waals surface area contributed by atoms with Gasteiger partial charge in [0.2, 0.25) is 0 Å². The van der Waals surface area contributed by atoms with Gasteiger partial charge in [0.15, 0.2) is 0 Å². The molecule has 0 amide bonds. The minimum atomic E-state index is 0.875. The van der Waals surface area contributed by atoms with Crippen LogP contribution >= 0.6 is 0 Å². The normalized spacial score (nSPS) is 11.6. The maximum absolute atomic E-state index is 4.63. The highest BCUT2D eigenvalue weighted by atomic mass is 16.4. The number of nitrogens with zero attached hydrogens (tertiary/aromatic N) is 2. The van der Waals surface area contributed by atoms with Crippen LogP contribution in [0, 0.1) is 0 Å². The third-order valence-electron chi connectivity index (χ3n) is 4.28. The predicted molar refractivity (Wildman–Crippen MR) is 118 cm³/mol. The highest BCUT2D eigenvalue weighted by molar-refractivity contribution is 6.00. The van der Waals surface area contributed by atoms with E-state index in [1.54, 1.807) is 14.2 Å². The van der Waals surface area contributed by atoms with Gasteiger partial charge >= 0.3 is 0 Å². The number of ether oxygens (including phenoxy) is 1. The topological polar surface area (TPSA) is 34.5 Å². The zero-order valence-electron chi connectivity index (χ0n) is 16.7. The standard InChI is InChI=1S/C20H16N2.C2H6O.C2H6/c1-21-19-9-5-4-8-18(19)20-17-11-10-14-6-2-3-7-15(14)16(17)12-13-22-20;1-3-2;1-2/h2,4-6,8-13H,1,3,7H2;1-2H3;1-2H3. The molecule has 0 bridgehead atoms. The second-order valence-corrected chi connectivity index (χ2v) is 5.91. The summed E-state index contributed by atoms with van der Waals surface area (Å²) in [7, 11) is 3.25. The number of benzene rings is 2. The fourth-order valence-corrected chi connectivity index (χ4v) is 3.23. The number of pyridine rings is 1. The van der Waals surface area contributed by atoms with Crippen molar-refractivity contribution in [3.05, 3.63) is 65.9 Å². The first-order valence-corrected chi connectivity index (χ1v) is 9.33. The molecule has 0 unspecified atom stereocenters. The molecule has 0 saturated heterocycles. The summed E-state index contributed by atoms with van der Waals surface area (Å²) in [6, 6.07) is 14.5. The Bertz CT molecular complexity index is 929. The molecule has 3 aromatic rings. The van der Waals surface area contributed by atoms with Crippen LogP contribution in [-0.4, -0.2) is 25.9 Å². The van der Waals surface area contributed by atoms with Crippen molar-refractivity contribution in [1.29, 1.82) is 0 Å². The molecule has 0 fully saturated rings. The Hall–Kier alpha value is -2.78. The molecule has 3 heteroatoms. The average Bonchev–Trinajstić information content (AvgIpc) is 2.75. The Labute approximate surface area is 162 Å². The molecular weight excluding hydrogens is 332 g/mol. The molecule has 0 atom stereocenters. The van der Waals surface area contributed by atoms with Crippen LogP contribution in [0.25, 0.3) is 28.1 Å². The molecule has 2 aromatic carbocycles. The molecule has 0 radical (unpaired) electrons. The van der Waals surface area contributed by atoms with Crippen molar-refractivity contribution in [1.82, 2.24) is 4.98 Å². The molecule has 0 N–H and O–H groups in total. The third kappa shape index (κ3) is 4.50. The van der Waals surface area contributed by atoms with Crippen molar-refractivity contribution in [2.75, 3.05) is 14.2 Å². The number of methoxy groups -OCH3 is 1. The smallest absolute Gasteiger partial charge is 0.0802 e. The van der Waals surface area contributed by atoms with Gasteiger partial charge in [-0.15, -0.1) is 0 Å². The quantitative estimate of drug-likeness (QED) is 0.490. The van der Waals surface area contributed by atoms with Crippen LogP contribution < -0.4 is 0 Å². The lowest BCUT2D eigenvalue weighted by molar-refractivity contribution is 0.277. The lowest BCUT2D eigenvalue weighted by atomic mass is 9.90. The molecule has 1 heterocycles. The summed E-state index contributed by atoms with van der Waals surface area (Å²) in [6.07, 6.45) is 8.56. The van der Waals surface area contributed by atoms with Crippen molar-refractivity contribution in [2.45, 2.75) is 26.7 Å². The van der Waals surface area contributed by atoms with E-state index in [-0.39, 0.29) is 0 Å². The van der Waals surface area contributed by atoms with Crippen molar-refractivity contribution >= 4 is 29.3 Å². The van der Waals surface area contributed by atoms with E-state index in [0.717, 1.165) is 29.8 Å². The highest BCUT2D eigenvalue weighted by Gasteiger charge is 2.14. The largest absolute Gasteiger partial charge is 0.388 e. The van der Waals surface area contributed by atoms with Crippen LogP contribution in [0.2, 0.25) is 0 Å². The number of aromatic nitrogens is 1. The Kier molecular flexibility index (Phi) is 7.90. The number of para-hydroxylation sites is 1. The number of aliphatic imine (C=N–C) groups is 1. The summed E-state index contributed by atoms with van der Waals surface area (Å²) >= 11 is 0. The lowest BCUT2D eigenvalue weighted by Crippen LogP contribution is -1.97. The number of aryl methyl sites for hydroxylation is 1. The fourth-order valence-electron chi connectivity index (χ4n) is 3.23. The van der Waals surface area contributed by atoms with Gasteiger partial charge in [-0.3, -0.25) is 9.98 Å². The van der Waals surface area contributed by atoms with Crippen LogP contribution in [0.5, 0.6) is 0 Å². The van der Waals surface area contributed by atoms with E-state index in [0.29, 0.717) is 0 Å². The molecule has 4 rings (SSSR count). The Morgan fingerprint density at radius 3 is 2.48 bits per heavy atom. The van der Waals surface area contributed by atoms with E-state index in [4.69, 9.17) is 0 Å². The van der Waals surface area contributed by atoms with Crippen LogP contribution in [0.3, 0.4) is 0 Å². The lowest BCUT2D eigenvalue weighted by Gasteiger charge is -2.15. The molecular formula is C24H28N2O. The zero-order chi connectivity index (χ0) is 19.6. The summed E-state index contributed by atoms with van der Waals surface area (Å²) in [5, 5.41) is 2.48. The molecule has 3 nitrogen and oxygen atoms in total. The molecule has 140 valence electrons. The van der Waals surface area contributed by atoms with E-state index in [2.05, 4.69) is 57.8 Å². The molecule has 0 saturated carbocycles. The minimum absolute atomic E-state index is 0.875. The van der Waals surface area contributed by atoms with Crippen molar-refractivity contribution < 1.29 is 4.74 Å². The SMILES string of the molecule is C=Nc1ccccc1-c1nccc2c3c(ccc12)C=CCC3.CC.COC. The van der Waals surface area contributed by atoms with Crippen molar-refractivity contribution in [3.8, 4) is 11.3 Å². The van der Waals surface area contributed by atoms with Crippen LogP contribution in [0.1, 0.15) is 31.4 Å². The van der Waals surface area contributed by atoms with E-state index >= 15 is 0 Å². The summed E-state index contributed by atoms with van der Waals surface area (Å²) in [4.78, 5) is 8.77. The molecule has 1 aliphatic rings. The van der Waals surface area contributed by atoms with Gasteiger partial charge in [-0.1, -0.05) is 56.3 Å². The predicted octanol–water partition coefficient (Wildman–Crippen LogP) is 6.48. The summed E-state index contributed by atoms with van der Waals surface area (Å²) < 4.78 is 4.25. The molecule has 0 aliphatic heterocycles. The number of fused-ring (bicyclic) bond motifs is 3. The fraction of sp³-hybridized carbons (Fsp3) is 0.250. The Morgan fingerprint density at radius 2 is 1.74 bits per heavy atom. The Balaban J connectivity index is 0.000000478. The summed E-state index contributed by atoms with van der Waals surface area (Å²) in [5.74, 6) is 0. The number of hydrogen-bond acceptors (Lipinski definition) is 3. The maximum Gasteiger partial charge on any atom is 0.0802 e. The Morgan fingerprint density at radius 1 is 1.00 bits per heavy atom. The molecule has 27 heavy (non-hydrogen) atoms. The van der Waals surface area contributed by atoms with Gasteiger partial charge in [0.1, 0.15) is 0 Å². The monoisotopic (exact) mass is 360 g/mol. The first-order chi connectivity index (χ1) is 13.3. The van der Waals surface area contributed by atoms with Gasteiger partial charge in [0.25, 0.3) is 0 Å². The first kappa shape index (κ1) is 20.5. The second kappa shape index (κ2) is 10.4. The minimum Gasteiger partial charge on any atom is -0.388 e. The van der Waals surface area contributed by atoms with E-state index in [1.807, 2.05) is 38.2 Å². The summed E-state index contributed by atoms with van der Waals surface area (Å²) in [6.45, 7) is 7.68. The molecule has 1 aromatic heterocycles. The second-order valence-electron chi connectivity index (χ2n) is 5.91. The van der Waals surface area contributed by atoms with Gasteiger partial charge in [-0.2, -0.15) is 0 Å². The van der Waals surface area contributed by atoms with E-state index in [1.165, 1.54) is 21.9 Å². The first-order valence-electron chi connectivity index (χ1n) is 9.33. The van der Waals surface area contributed by atoms with E-state index in [9.17, 15) is 0 Å². The van der Waals surface area contributed by atoms with Crippen LogP contribution in [-0.2, 0) is 11.2 Å². The summed E-state index contributed by atoms with van der Waals surface area (Å²) in [5.41, 5.74) is 5.64. The zero-order valence-corrected chi connectivity index (χ0v) is 16.7. The highest BCUT2D eigenvalue weighted by Crippen LogP contribution is 2.36. The average molecular weight is 361 g/mol. The molecule has 0 spiro atoms. The van der Waals surface area contributed by atoms with Gasteiger partial charge in [-0.05, 0) is 48.2 Å². The van der Waals surface area contributed by atoms with Gasteiger partial charge in [0.05, 0.1) is 11.4 Å². The van der Waals surface area contributed by atoms with Gasteiger partial charge in [-0.25, -0.2) is 0 Å². The number of rotatable bonds is 2. The van der Waals surface area contributed by atoms with E-state index < -0.39 is 0 Å². The van der Waals surface area contributed by atoms with Crippen molar-refractivity contribution in [2.24, 2.45) is 4.99 Å². The molecule has 1 aliphatic carbocycles. The number of allylic oxidation sites excluding steroid dienone is 1. The third-order valence-corrected chi connectivity index (χ3v) is 4.28. The van der Waals surface area contributed by atoms with Gasteiger partial charge < -0.3 is 4.74 Å². The van der Waals surface area contributed by atoms with Gasteiger partial charge in [0, 0.05) is 31.4 Å². The van der Waals surface area contributed by atoms with Crippen molar-refractivity contribution in [3.63, 3.8) is 0 Å². The number of hydrogen-bond donors (Lipinski definition) is 0. The van der Waals surface area contributed by atoms with Crippen LogP contribution in [0.4, 0.5) is 5.69 Å². The maximum atomic E-state index is 4.63. The van der Waals surface area contributed by atoms with Crippen LogP contribution in [0.15, 0.2) is 59.7 Å².